The van der Waals surface area contributed by atoms with Crippen molar-refractivity contribution in [3.05, 3.63) is 54.7 Å². The normalized spacial score (nSPS) is 9.81. The molecule has 0 aliphatic carbocycles. The quantitative estimate of drug-likeness (QED) is 0.510. The van der Waals surface area contributed by atoms with Crippen LogP contribution in [-0.2, 0) is 6.61 Å². The van der Waals surface area contributed by atoms with Gasteiger partial charge in [-0.15, -0.1) is 11.3 Å². The minimum atomic E-state index is -0.479. The van der Waals surface area contributed by atoms with Gasteiger partial charge in [-0.25, -0.2) is 0 Å². The van der Waals surface area contributed by atoms with E-state index in [9.17, 15) is 10.1 Å². The monoisotopic (exact) mass is 367 g/mol. The molecule has 5 nitrogen and oxygen atoms in total. The van der Waals surface area contributed by atoms with Gasteiger partial charge in [0.05, 0.1) is 4.92 Å². The van der Waals surface area contributed by atoms with Crippen molar-refractivity contribution in [2.24, 2.45) is 0 Å². The molecule has 0 saturated carbocycles. The first kappa shape index (κ1) is 15.5. The van der Waals surface area contributed by atoms with Crippen molar-refractivity contribution in [3.8, 4) is 17.6 Å². The Morgan fingerprint density at radius 3 is 2.95 bits per heavy atom. The third-order valence-electron chi connectivity index (χ3n) is 2.45. The Balaban J connectivity index is 2.09. The van der Waals surface area contributed by atoms with Gasteiger partial charge in [0.1, 0.15) is 13.2 Å². The molecule has 2 rings (SSSR count). The van der Waals surface area contributed by atoms with Crippen LogP contribution in [0.2, 0.25) is 0 Å². The molecule has 1 aromatic carbocycles. The Labute approximate surface area is 133 Å². The summed E-state index contributed by atoms with van der Waals surface area (Å²) < 4.78 is 6.13. The molecule has 0 saturated heterocycles. The number of nitro benzene ring substituents is 1. The fraction of sp³-hybridized carbons (Fsp3) is 0.143. The summed E-state index contributed by atoms with van der Waals surface area (Å²) in [7, 11) is 0. The fourth-order valence-electron chi connectivity index (χ4n) is 1.57. The van der Waals surface area contributed by atoms with Crippen molar-refractivity contribution in [1.29, 1.82) is 0 Å². The summed E-state index contributed by atoms with van der Waals surface area (Å²) in [5.41, 5.74) is 0.708. The van der Waals surface area contributed by atoms with Gasteiger partial charge in [-0.05, 0) is 18.2 Å². The van der Waals surface area contributed by atoms with Crippen molar-refractivity contribution in [1.82, 2.24) is 0 Å². The SMILES string of the molecule is O=[N+]([O-])c1cc(Br)ccc1OCc1cc(C#CCO)cs1. The van der Waals surface area contributed by atoms with E-state index in [1.54, 1.807) is 12.1 Å². The Kier molecular flexibility index (Phi) is 5.33. The van der Waals surface area contributed by atoms with E-state index < -0.39 is 4.92 Å². The van der Waals surface area contributed by atoms with Crippen molar-refractivity contribution >= 4 is 33.0 Å². The summed E-state index contributed by atoms with van der Waals surface area (Å²) in [6.45, 7) is 0.0424. The van der Waals surface area contributed by atoms with Crippen LogP contribution in [0, 0.1) is 22.0 Å². The molecule has 108 valence electrons. The first-order chi connectivity index (χ1) is 10.1. The highest BCUT2D eigenvalue weighted by atomic mass is 79.9. The van der Waals surface area contributed by atoms with E-state index in [0.29, 0.717) is 4.47 Å². The maximum atomic E-state index is 11.0. The zero-order valence-electron chi connectivity index (χ0n) is 10.7. The summed E-state index contributed by atoms with van der Waals surface area (Å²) in [6, 6.07) is 6.48. The van der Waals surface area contributed by atoms with Gasteiger partial charge < -0.3 is 9.84 Å². The van der Waals surface area contributed by atoms with E-state index in [4.69, 9.17) is 9.84 Å². The summed E-state index contributed by atoms with van der Waals surface area (Å²) >= 11 is 4.64. The molecule has 0 amide bonds. The third kappa shape index (κ3) is 4.29. The lowest BCUT2D eigenvalue weighted by Gasteiger charge is -2.05. The molecular formula is C14H10BrNO4S. The van der Waals surface area contributed by atoms with Crippen LogP contribution < -0.4 is 4.74 Å². The number of nitro groups is 1. The highest BCUT2D eigenvalue weighted by Gasteiger charge is 2.15. The first-order valence-corrected chi connectivity index (χ1v) is 7.51. The Morgan fingerprint density at radius 1 is 1.43 bits per heavy atom. The van der Waals surface area contributed by atoms with Crippen molar-refractivity contribution in [3.63, 3.8) is 0 Å². The second-order valence-electron chi connectivity index (χ2n) is 3.92. The Bertz CT molecular complexity index is 717. The Morgan fingerprint density at radius 2 is 2.24 bits per heavy atom. The van der Waals surface area contributed by atoms with Gasteiger partial charge in [0.15, 0.2) is 5.75 Å². The van der Waals surface area contributed by atoms with Crippen LogP contribution in [0.25, 0.3) is 0 Å². The van der Waals surface area contributed by atoms with E-state index in [0.717, 1.165) is 10.4 Å². The lowest BCUT2D eigenvalue weighted by Crippen LogP contribution is -1.97. The second-order valence-corrected chi connectivity index (χ2v) is 5.83. The number of aliphatic hydroxyl groups excluding tert-OH is 1. The molecule has 0 aliphatic heterocycles. The average molecular weight is 368 g/mol. The average Bonchev–Trinajstić information content (AvgIpc) is 2.91. The van der Waals surface area contributed by atoms with Crippen molar-refractivity contribution < 1.29 is 14.8 Å². The summed E-state index contributed by atoms with van der Waals surface area (Å²) in [5.74, 6) is 5.57. The Hall–Kier alpha value is -1.88. The van der Waals surface area contributed by atoms with Crippen LogP contribution >= 0.6 is 27.3 Å². The fourth-order valence-corrected chi connectivity index (χ4v) is 2.64. The zero-order valence-corrected chi connectivity index (χ0v) is 13.1. The van der Waals surface area contributed by atoms with Crippen molar-refractivity contribution in [2.45, 2.75) is 6.61 Å². The number of hydrogen-bond acceptors (Lipinski definition) is 5. The first-order valence-electron chi connectivity index (χ1n) is 5.84. The van der Waals surface area contributed by atoms with Gasteiger partial charge in [-0.3, -0.25) is 10.1 Å². The van der Waals surface area contributed by atoms with Gasteiger partial charge in [0, 0.05) is 26.4 Å². The summed E-state index contributed by atoms with van der Waals surface area (Å²) in [5, 5.41) is 21.4. The predicted octanol–water partition coefficient (Wildman–Crippen LogP) is 3.34. The van der Waals surface area contributed by atoms with Crippen LogP contribution in [0.1, 0.15) is 10.4 Å². The largest absolute Gasteiger partial charge is 0.481 e. The molecule has 0 bridgehead atoms. The van der Waals surface area contributed by atoms with Gasteiger partial charge >= 0.3 is 5.69 Å². The van der Waals surface area contributed by atoms with E-state index in [2.05, 4.69) is 27.8 Å². The minimum absolute atomic E-state index is 0.0822. The van der Waals surface area contributed by atoms with E-state index in [-0.39, 0.29) is 24.7 Å². The standard InChI is InChI=1S/C14H10BrNO4S/c15-11-3-4-14(13(7-11)16(18)19)20-8-12-6-10(9-21-12)2-1-5-17/h3-4,6-7,9,17H,5,8H2. The number of rotatable bonds is 4. The highest BCUT2D eigenvalue weighted by Crippen LogP contribution is 2.31. The smallest absolute Gasteiger partial charge is 0.312 e. The van der Waals surface area contributed by atoms with Gasteiger partial charge in [-0.2, -0.15) is 0 Å². The van der Waals surface area contributed by atoms with Crippen LogP contribution in [0.3, 0.4) is 0 Å². The van der Waals surface area contributed by atoms with Gasteiger partial charge in [0.25, 0.3) is 0 Å². The number of nitrogens with zero attached hydrogens (tertiary/aromatic N) is 1. The van der Waals surface area contributed by atoms with Crippen LogP contribution in [-0.4, -0.2) is 16.6 Å². The molecule has 21 heavy (non-hydrogen) atoms. The van der Waals surface area contributed by atoms with Gasteiger partial charge in [0.2, 0.25) is 0 Å². The molecule has 0 atom stereocenters. The minimum Gasteiger partial charge on any atom is -0.481 e. The van der Waals surface area contributed by atoms with Crippen molar-refractivity contribution in [2.75, 3.05) is 6.61 Å². The number of halogens is 1. The molecule has 7 heteroatoms. The molecule has 1 heterocycles. The number of hydrogen-bond donors (Lipinski definition) is 1. The molecule has 1 N–H and O–H groups in total. The molecule has 1 aromatic heterocycles. The molecule has 2 aromatic rings. The topological polar surface area (TPSA) is 72.6 Å². The molecule has 0 spiro atoms. The van der Waals surface area contributed by atoms with Crippen LogP contribution in [0.15, 0.2) is 34.1 Å². The number of aliphatic hydroxyl groups is 1. The maximum absolute atomic E-state index is 11.0. The molecule has 0 radical (unpaired) electrons. The summed E-state index contributed by atoms with van der Waals surface area (Å²) in [6.07, 6.45) is 0. The van der Waals surface area contributed by atoms with Crippen LogP contribution in [0.4, 0.5) is 5.69 Å². The maximum Gasteiger partial charge on any atom is 0.312 e. The molecule has 0 fully saturated rings. The molecule has 0 unspecified atom stereocenters. The predicted molar refractivity (Wildman–Crippen MR) is 83.4 cm³/mol. The number of benzene rings is 1. The third-order valence-corrected chi connectivity index (χ3v) is 3.86. The van der Waals surface area contributed by atoms with Crippen LogP contribution in [0.5, 0.6) is 5.75 Å². The highest BCUT2D eigenvalue weighted by molar-refractivity contribution is 9.10. The lowest BCUT2D eigenvalue weighted by atomic mass is 10.3. The lowest BCUT2D eigenvalue weighted by molar-refractivity contribution is -0.386. The van der Waals surface area contributed by atoms with Gasteiger partial charge in [-0.1, -0.05) is 27.8 Å². The van der Waals surface area contributed by atoms with E-state index in [1.807, 2.05) is 11.4 Å². The summed E-state index contributed by atoms with van der Waals surface area (Å²) in [4.78, 5) is 11.4. The molecular weight excluding hydrogens is 358 g/mol. The second kappa shape index (κ2) is 7.22. The zero-order chi connectivity index (χ0) is 15.2. The van der Waals surface area contributed by atoms with E-state index >= 15 is 0 Å². The number of ether oxygens (including phenoxy) is 1. The number of thiophene rings is 1. The molecule has 0 aliphatic rings. The van der Waals surface area contributed by atoms with E-state index in [1.165, 1.54) is 17.4 Å².